The van der Waals surface area contributed by atoms with Crippen molar-refractivity contribution in [2.45, 2.75) is 25.3 Å². The molecule has 0 aromatic carbocycles. The molecule has 84 valence electrons. The minimum Gasteiger partial charge on any atom is -0.342 e. The van der Waals surface area contributed by atoms with Crippen molar-refractivity contribution in [1.82, 2.24) is 10.2 Å². The maximum absolute atomic E-state index is 12.1. The molecular formula is C9H12F2N2O2. The Labute approximate surface area is 85.6 Å². The Balaban J connectivity index is 2.03. The van der Waals surface area contributed by atoms with Gasteiger partial charge in [-0.2, -0.15) is 0 Å². The highest BCUT2D eigenvalue weighted by Gasteiger charge is 2.42. The molecule has 2 aliphatic rings. The van der Waals surface area contributed by atoms with E-state index in [0.717, 1.165) is 17.7 Å². The number of halogens is 2. The van der Waals surface area contributed by atoms with E-state index in [0.29, 0.717) is 0 Å². The molecule has 1 atom stereocenters. The lowest BCUT2D eigenvalue weighted by molar-refractivity contribution is -0.146. The fourth-order valence-electron chi connectivity index (χ4n) is 1.80. The van der Waals surface area contributed by atoms with E-state index in [1.807, 2.05) is 0 Å². The monoisotopic (exact) mass is 218 g/mol. The van der Waals surface area contributed by atoms with Gasteiger partial charge in [-0.25, -0.2) is 8.78 Å². The summed E-state index contributed by atoms with van der Waals surface area (Å²) in [6.07, 6.45) is -0.807. The molecule has 1 aliphatic heterocycles. The van der Waals surface area contributed by atoms with Gasteiger partial charge in [-0.3, -0.25) is 9.59 Å². The van der Waals surface area contributed by atoms with Crippen LogP contribution in [0.1, 0.15) is 12.8 Å². The molecule has 2 rings (SSSR count). The first kappa shape index (κ1) is 10.3. The van der Waals surface area contributed by atoms with Crippen molar-refractivity contribution < 1.29 is 18.4 Å². The number of alkyl halides is 2. The van der Waals surface area contributed by atoms with Crippen LogP contribution in [0.15, 0.2) is 0 Å². The van der Waals surface area contributed by atoms with Crippen molar-refractivity contribution in [3.05, 3.63) is 0 Å². The van der Waals surface area contributed by atoms with Crippen LogP contribution < -0.4 is 5.32 Å². The predicted octanol–water partition coefficient (Wildman–Crippen LogP) is -0.0115. The lowest BCUT2D eigenvalue weighted by Crippen LogP contribution is -2.59. The van der Waals surface area contributed by atoms with Crippen molar-refractivity contribution >= 4 is 11.8 Å². The predicted molar refractivity (Wildman–Crippen MR) is 47.2 cm³/mol. The Bertz CT molecular complexity index is 292. The topological polar surface area (TPSA) is 49.4 Å². The Morgan fingerprint density at radius 2 is 2.07 bits per heavy atom. The molecule has 1 unspecified atom stereocenters. The van der Waals surface area contributed by atoms with Crippen LogP contribution >= 0.6 is 0 Å². The molecule has 1 saturated heterocycles. The van der Waals surface area contributed by atoms with Crippen LogP contribution in [0.4, 0.5) is 8.78 Å². The van der Waals surface area contributed by atoms with Crippen molar-refractivity contribution in [2.24, 2.45) is 5.92 Å². The third-order valence-electron chi connectivity index (χ3n) is 2.68. The van der Waals surface area contributed by atoms with Gasteiger partial charge < -0.3 is 10.2 Å². The van der Waals surface area contributed by atoms with Crippen LogP contribution in [0, 0.1) is 5.92 Å². The molecule has 6 heteroatoms. The van der Waals surface area contributed by atoms with E-state index >= 15 is 0 Å². The highest BCUT2D eigenvalue weighted by atomic mass is 19.3. The van der Waals surface area contributed by atoms with Crippen molar-refractivity contribution in [3.63, 3.8) is 0 Å². The number of nitrogens with zero attached hydrogens (tertiary/aromatic N) is 1. The minimum atomic E-state index is -2.58. The zero-order valence-corrected chi connectivity index (χ0v) is 8.08. The minimum absolute atomic E-state index is 0.155. The number of rotatable bonds is 3. The number of hydrogen-bond acceptors (Lipinski definition) is 2. The second kappa shape index (κ2) is 3.75. The average molecular weight is 218 g/mol. The third-order valence-corrected chi connectivity index (χ3v) is 2.68. The van der Waals surface area contributed by atoms with Crippen molar-refractivity contribution in [1.29, 1.82) is 0 Å². The average Bonchev–Trinajstić information content (AvgIpc) is 2.92. The first-order valence-corrected chi connectivity index (χ1v) is 4.94. The highest BCUT2D eigenvalue weighted by Crippen LogP contribution is 2.34. The van der Waals surface area contributed by atoms with Gasteiger partial charge in [-0.15, -0.1) is 0 Å². The zero-order chi connectivity index (χ0) is 11.0. The fraction of sp³-hybridized carbons (Fsp3) is 0.778. The van der Waals surface area contributed by atoms with E-state index in [9.17, 15) is 18.4 Å². The van der Waals surface area contributed by atoms with Crippen LogP contribution in [0.3, 0.4) is 0 Å². The molecule has 0 aromatic rings. The molecule has 15 heavy (non-hydrogen) atoms. The van der Waals surface area contributed by atoms with E-state index in [-0.39, 0.29) is 24.3 Å². The Hall–Kier alpha value is -1.20. The van der Waals surface area contributed by atoms with E-state index in [2.05, 4.69) is 5.32 Å². The summed E-state index contributed by atoms with van der Waals surface area (Å²) in [6, 6.07) is -0.565. The maximum atomic E-state index is 12.1. The molecule has 1 N–H and O–H groups in total. The van der Waals surface area contributed by atoms with Crippen LogP contribution in [-0.4, -0.2) is 42.3 Å². The molecule has 2 amide bonds. The van der Waals surface area contributed by atoms with E-state index < -0.39 is 19.0 Å². The van der Waals surface area contributed by atoms with Gasteiger partial charge in [0.2, 0.25) is 11.8 Å². The van der Waals surface area contributed by atoms with Crippen molar-refractivity contribution in [3.8, 4) is 0 Å². The van der Waals surface area contributed by atoms with E-state index in [1.165, 1.54) is 0 Å². The summed E-state index contributed by atoms with van der Waals surface area (Å²) in [5.74, 6) is -0.550. The smallest absolute Gasteiger partial charge is 0.255 e. The number of amides is 2. The second-order valence-corrected chi connectivity index (χ2v) is 3.99. The number of carbonyl (C=O) groups excluding carboxylic acids is 2. The van der Waals surface area contributed by atoms with Crippen molar-refractivity contribution in [2.75, 3.05) is 13.1 Å². The van der Waals surface area contributed by atoms with E-state index in [4.69, 9.17) is 0 Å². The number of nitrogens with one attached hydrogen (secondary N) is 1. The van der Waals surface area contributed by atoms with Crippen LogP contribution in [0.5, 0.6) is 0 Å². The van der Waals surface area contributed by atoms with Crippen LogP contribution in [-0.2, 0) is 9.59 Å². The fourth-order valence-corrected chi connectivity index (χ4v) is 1.80. The maximum Gasteiger partial charge on any atom is 0.255 e. The Kier molecular flexibility index (Phi) is 2.58. The highest BCUT2D eigenvalue weighted by molar-refractivity contribution is 5.95. The quantitative estimate of drug-likeness (QED) is 0.724. The summed E-state index contributed by atoms with van der Waals surface area (Å²) in [5.41, 5.74) is 0. The summed E-state index contributed by atoms with van der Waals surface area (Å²) in [6.45, 7) is -0.887. The Morgan fingerprint density at radius 1 is 1.40 bits per heavy atom. The standard InChI is InChI=1S/C9H12F2N2O2/c10-6(11)3-13-4-7(14)12-8(9(13)15)5-1-2-5/h5-6,8H,1-4H2,(H,12,14). The third kappa shape index (κ3) is 2.24. The molecule has 0 bridgehead atoms. The molecule has 4 nitrogen and oxygen atoms in total. The zero-order valence-electron chi connectivity index (χ0n) is 8.08. The van der Waals surface area contributed by atoms with Crippen LogP contribution in [0.2, 0.25) is 0 Å². The summed E-state index contributed by atoms with van der Waals surface area (Å²) in [5, 5.41) is 2.56. The molecule has 1 aliphatic carbocycles. The largest absolute Gasteiger partial charge is 0.342 e. The molecule has 0 aromatic heterocycles. The number of piperazine rings is 1. The van der Waals surface area contributed by atoms with Gasteiger partial charge in [0, 0.05) is 0 Å². The van der Waals surface area contributed by atoms with Gasteiger partial charge in [-0.05, 0) is 18.8 Å². The lowest BCUT2D eigenvalue weighted by Gasteiger charge is -2.32. The molecule has 0 spiro atoms. The number of hydrogen-bond donors (Lipinski definition) is 1. The van der Waals surface area contributed by atoms with Gasteiger partial charge in [0.25, 0.3) is 6.43 Å². The first-order chi connectivity index (χ1) is 7.08. The normalized spacial score (nSPS) is 27.1. The molecule has 2 fully saturated rings. The summed E-state index contributed by atoms with van der Waals surface area (Å²) < 4.78 is 24.3. The van der Waals surface area contributed by atoms with Gasteiger partial charge in [-0.1, -0.05) is 0 Å². The van der Waals surface area contributed by atoms with Gasteiger partial charge in [0.05, 0.1) is 13.1 Å². The van der Waals surface area contributed by atoms with Gasteiger partial charge >= 0.3 is 0 Å². The molecule has 1 saturated carbocycles. The van der Waals surface area contributed by atoms with Gasteiger partial charge in [0.1, 0.15) is 6.04 Å². The molecular weight excluding hydrogens is 206 g/mol. The SMILES string of the molecule is O=C1CN(CC(F)F)C(=O)C(C2CC2)N1. The second-order valence-electron chi connectivity index (χ2n) is 3.99. The number of carbonyl (C=O) groups is 2. The summed E-state index contributed by atoms with van der Waals surface area (Å²) in [7, 11) is 0. The first-order valence-electron chi connectivity index (χ1n) is 4.94. The molecule has 1 heterocycles. The molecule has 0 radical (unpaired) electrons. The summed E-state index contributed by atoms with van der Waals surface area (Å²) >= 11 is 0. The lowest BCUT2D eigenvalue weighted by atomic mass is 10.1. The van der Waals surface area contributed by atoms with E-state index in [1.54, 1.807) is 0 Å². The van der Waals surface area contributed by atoms with Crippen LogP contribution in [0.25, 0.3) is 0 Å². The summed E-state index contributed by atoms with van der Waals surface area (Å²) in [4.78, 5) is 23.8. The van der Waals surface area contributed by atoms with Gasteiger partial charge in [0.15, 0.2) is 0 Å². The Morgan fingerprint density at radius 3 is 2.60 bits per heavy atom.